The van der Waals surface area contributed by atoms with Crippen LogP contribution in [0.1, 0.15) is 59.2 Å². The number of hydrogen-bond donors (Lipinski definition) is 1. The number of rotatable bonds is 5. The van der Waals surface area contributed by atoms with Crippen molar-refractivity contribution in [1.29, 1.82) is 0 Å². The second-order valence-electron chi connectivity index (χ2n) is 8.89. The SMILES string of the molecule is COc1ccc(CN2C(=O)c3c(C)cc(Nc4ncncc4Cl)cc3C23CCCCC3)cc1. The Morgan fingerprint density at radius 3 is 2.61 bits per heavy atom. The number of benzene rings is 2. The third-order valence-electron chi connectivity index (χ3n) is 6.92. The predicted octanol–water partition coefficient (Wildman–Crippen LogP) is 6.01. The normalized spacial score (nSPS) is 16.7. The number of halogens is 1. The lowest BCUT2D eigenvalue weighted by Crippen LogP contribution is -2.44. The summed E-state index contributed by atoms with van der Waals surface area (Å²) in [6.07, 6.45) is 8.41. The zero-order valence-corrected chi connectivity index (χ0v) is 19.7. The van der Waals surface area contributed by atoms with Gasteiger partial charge in [-0.2, -0.15) is 0 Å². The Bertz CT molecular complexity index is 1190. The van der Waals surface area contributed by atoms with E-state index in [0.717, 1.165) is 59.4 Å². The third kappa shape index (κ3) is 3.82. The minimum Gasteiger partial charge on any atom is -0.497 e. The molecule has 2 heterocycles. The molecular formula is C26H27ClN4O2. The maximum atomic E-state index is 13.8. The topological polar surface area (TPSA) is 67.3 Å². The Morgan fingerprint density at radius 2 is 1.91 bits per heavy atom. The molecule has 2 aromatic carbocycles. The zero-order valence-electron chi connectivity index (χ0n) is 18.9. The van der Waals surface area contributed by atoms with Crippen molar-refractivity contribution in [3.63, 3.8) is 0 Å². The molecular weight excluding hydrogens is 436 g/mol. The molecule has 1 fully saturated rings. The third-order valence-corrected chi connectivity index (χ3v) is 7.20. The first-order valence-corrected chi connectivity index (χ1v) is 11.7. The summed E-state index contributed by atoms with van der Waals surface area (Å²) in [6, 6.07) is 12.1. The van der Waals surface area contributed by atoms with Crippen molar-refractivity contribution in [2.45, 2.75) is 51.1 Å². The van der Waals surface area contributed by atoms with E-state index in [2.05, 4.69) is 26.3 Å². The highest BCUT2D eigenvalue weighted by Crippen LogP contribution is 2.51. The predicted molar refractivity (Wildman–Crippen MR) is 129 cm³/mol. The molecule has 1 amide bonds. The molecule has 5 rings (SSSR count). The summed E-state index contributed by atoms with van der Waals surface area (Å²) in [5.41, 5.74) is 4.62. The second kappa shape index (κ2) is 8.67. The highest BCUT2D eigenvalue weighted by molar-refractivity contribution is 6.32. The number of aryl methyl sites for hydroxylation is 1. The van der Waals surface area contributed by atoms with Gasteiger partial charge in [-0.3, -0.25) is 4.79 Å². The molecule has 0 atom stereocenters. The number of anilines is 2. The Morgan fingerprint density at radius 1 is 1.15 bits per heavy atom. The number of nitrogens with zero attached hydrogens (tertiary/aromatic N) is 3. The van der Waals surface area contributed by atoms with Crippen LogP contribution in [-0.4, -0.2) is 27.9 Å². The van der Waals surface area contributed by atoms with Gasteiger partial charge in [-0.05, 0) is 60.7 Å². The fraction of sp³-hybridized carbons (Fsp3) is 0.346. The fourth-order valence-corrected chi connectivity index (χ4v) is 5.49. The van der Waals surface area contributed by atoms with Crippen LogP contribution in [0, 0.1) is 6.92 Å². The van der Waals surface area contributed by atoms with Crippen molar-refractivity contribution in [1.82, 2.24) is 14.9 Å². The molecule has 1 spiro atoms. The molecule has 0 radical (unpaired) electrons. The average molecular weight is 463 g/mol. The Kier molecular flexibility index (Phi) is 5.71. The summed E-state index contributed by atoms with van der Waals surface area (Å²) in [5.74, 6) is 1.49. The molecule has 0 saturated heterocycles. The van der Waals surface area contributed by atoms with Crippen LogP contribution >= 0.6 is 11.6 Å². The van der Waals surface area contributed by atoms with Crippen LogP contribution in [0.4, 0.5) is 11.5 Å². The van der Waals surface area contributed by atoms with Crippen LogP contribution in [0.2, 0.25) is 5.02 Å². The number of ether oxygens (including phenoxy) is 1. The van der Waals surface area contributed by atoms with Gasteiger partial charge in [0.2, 0.25) is 0 Å². The van der Waals surface area contributed by atoms with Crippen molar-refractivity contribution >= 4 is 29.0 Å². The molecule has 33 heavy (non-hydrogen) atoms. The van der Waals surface area contributed by atoms with Crippen molar-refractivity contribution in [2.24, 2.45) is 0 Å². The van der Waals surface area contributed by atoms with E-state index in [9.17, 15) is 4.79 Å². The number of fused-ring (bicyclic) bond motifs is 2. The molecule has 7 heteroatoms. The number of hydrogen-bond acceptors (Lipinski definition) is 5. The fourth-order valence-electron chi connectivity index (χ4n) is 5.34. The van der Waals surface area contributed by atoms with E-state index in [4.69, 9.17) is 16.3 Å². The van der Waals surface area contributed by atoms with Crippen LogP contribution in [0.25, 0.3) is 0 Å². The highest BCUT2D eigenvalue weighted by atomic mass is 35.5. The minimum absolute atomic E-state index is 0.117. The summed E-state index contributed by atoms with van der Waals surface area (Å²) in [7, 11) is 1.66. The van der Waals surface area contributed by atoms with Crippen molar-refractivity contribution in [2.75, 3.05) is 12.4 Å². The molecule has 2 aliphatic rings. The van der Waals surface area contributed by atoms with Gasteiger partial charge < -0.3 is 15.0 Å². The lowest BCUT2D eigenvalue weighted by Gasteiger charge is -2.42. The number of aromatic nitrogens is 2. The largest absolute Gasteiger partial charge is 0.497 e. The lowest BCUT2D eigenvalue weighted by molar-refractivity contribution is 0.0387. The zero-order chi connectivity index (χ0) is 23.0. The van der Waals surface area contributed by atoms with E-state index < -0.39 is 0 Å². The average Bonchev–Trinajstić information content (AvgIpc) is 3.04. The molecule has 0 bridgehead atoms. The van der Waals surface area contributed by atoms with E-state index in [0.29, 0.717) is 17.4 Å². The monoisotopic (exact) mass is 462 g/mol. The molecule has 0 unspecified atom stereocenters. The maximum absolute atomic E-state index is 13.8. The number of carbonyl (C=O) groups excluding carboxylic acids is 1. The standard InChI is InChI=1S/C26H27ClN4O2/c1-17-12-19(30-24-22(27)14-28-16-29-24)13-21-23(17)25(32)31(26(21)10-4-3-5-11-26)15-18-6-8-20(33-2)9-7-18/h6-9,12-14,16H,3-5,10-11,15H2,1-2H3,(H,28,29,30). The van der Waals surface area contributed by atoms with Crippen molar-refractivity contribution in [3.05, 3.63) is 76.2 Å². The molecule has 3 aromatic rings. The van der Waals surface area contributed by atoms with Gasteiger partial charge in [0.05, 0.1) is 18.8 Å². The van der Waals surface area contributed by atoms with Crippen LogP contribution in [0.5, 0.6) is 5.75 Å². The van der Waals surface area contributed by atoms with Gasteiger partial charge in [0.25, 0.3) is 5.91 Å². The summed E-state index contributed by atoms with van der Waals surface area (Å²) >= 11 is 6.27. The quantitative estimate of drug-likeness (QED) is 0.503. The van der Waals surface area contributed by atoms with Gasteiger partial charge in [-0.1, -0.05) is 43.0 Å². The molecule has 1 saturated carbocycles. The van der Waals surface area contributed by atoms with Crippen LogP contribution < -0.4 is 10.1 Å². The molecule has 170 valence electrons. The highest BCUT2D eigenvalue weighted by Gasteiger charge is 2.50. The summed E-state index contributed by atoms with van der Waals surface area (Å²) in [6.45, 7) is 2.59. The van der Waals surface area contributed by atoms with Gasteiger partial charge in [0.1, 0.15) is 17.1 Å². The Hall–Kier alpha value is -3.12. The molecule has 1 aromatic heterocycles. The molecule has 1 aliphatic heterocycles. The molecule has 1 aliphatic carbocycles. The first-order chi connectivity index (χ1) is 16.0. The van der Waals surface area contributed by atoms with Gasteiger partial charge in [0.15, 0.2) is 5.82 Å². The van der Waals surface area contributed by atoms with E-state index >= 15 is 0 Å². The summed E-state index contributed by atoms with van der Waals surface area (Å²) < 4.78 is 5.30. The van der Waals surface area contributed by atoms with E-state index in [-0.39, 0.29) is 11.4 Å². The van der Waals surface area contributed by atoms with Gasteiger partial charge >= 0.3 is 0 Å². The maximum Gasteiger partial charge on any atom is 0.255 e. The lowest BCUT2D eigenvalue weighted by atomic mass is 9.76. The number of amides is 1. The first-order valence-electron chi connectivity index (χ1n) is 11.3. The molecule has 1 N–H and O–H groups in total. The van der Waals surface area contributed by atoms with E-state index in [1.54, 1.807) is 13.3 Å². The van der Waals surface area contributed by atoms with Crippen molar-refractivity contribution in [3.8, 4) is 5.75 Å². The second-order valence-corrected chi connectivity index (χ2v) is 9.30. The number of carbonyl (C=O) groups is 1. The van der Waals surface area contributed by atoms with Gasteiger partial charge in [-0.15, -0.1) is 0 Å². The smallest absolute Gasteiger partial charge is 0.255 e. The van der Waals surface area contributed by atoms with Gasteiger partial charge in [0, 0.05) is 17.8 Å². The number of methoxy groups -OCH3 is 1. The van der Waals surface area contributed by atoms with E-state index in [1.807, 2.05) is 37.3 Å². The van der Waals surface area contributed by atoms with Crippen LogP contribution in [0.3, 0.4) is 0 Å². The minimum atomic E-state index is -0.289. The summed E-state index contributed by atoms with van der Waals surface area (Å²) in [4.78, 5) is 24.1. The van der Waals surface area contributed by atoms with Crippen LogP contribution in [-0.2, 0) is 12.1 Å². The van der Waals surface area contributed by atoms with Crippen molar-refractivity contribution < 1.29 is 9.53 Å². The molecule has 6 nitrogen and oxygen atoms in total. The Labute approximate surface area is 199 Å². The van der Waals surface area contributed by atoms with Crippen LogP contribution in [0.15, 0.2) is 48.9 Å². The Balaban J connectivity index is 1.55. The number of nitrogens with one attached hydrogen (secondary N) is 1. The van der Waals surface area contributed by atoms with E-state index in [1.165, 1.54) is 12.7 Å². The first kappa shape index (κ1) is 21.7. The van der Waals surface area contributed by atoms with Gasteiger partial charge in [-0.25, -0.2) is 9.97 Å². The summed E-state index contributed by atoms with van der Waals surface area (Å²) in [5, 5.41) is 3.79.